The molecule has 2 aliphatic carbocycles. The summed E-state index contributed by atoms with van der Waals surface area (Å²) < 4.78 is 0. The Balaban J connectivity index is 1.36. The molecule has 0 nitrogen and oxygen atoms in total. The molecule has 0 bridgehead atoms. The standard InChI is InChI=1S/C58H38/c1-7-19-39(20-8-1)43-35-41-31-33-50-55-53(41)51(37-43)57(45-23-11-3-12-24-45,46-25-13-4-14-26-46)49-34-32-42-36-44(40-21-9-2-10-22-40)38-52(54(42)56(49)55)58(50,47-27-15-5-16-28-47)48-29-17-6-18-30-48/h1-38H. The lowest BCUT2D eigenvalue weighted by Crippen LogP contribution is -2.38. The van der Waals surface area contributed by atoms with Crippen LogP contribution >= 0.6 is 0 Å². The molecule has 0 amide bonds. The minimum Gasteiger partial charge on any atom is -0.0622 e. The Kier molecular flexibility index (Phi) is 7.16. The summed E-state index contributed by atoms with van der Waals surface area (Å²) in [7, 11) is 0. The third kappa shape index (κ3) is 4.40. The van der Waals surface area contributed by atoms with Crippen molar-refractivity contribution in [2.45, 2.75) is 10.8 Å². The minimum atomic E-state index is -0.602. The summed E-state index contributed by atoms with van der Waals surface area (Å²) >= 11 is 0. The van der Waals surface area contributed by atoms with Gasteiger partial charge in [0.25, 0.3) is 0 Å². The van der Waals surface area contributed by atoms with Gasteiger partial charge >= 0.3 is 0 Å². The van der Waals surface area contributed by atoms with E-state index in [0.717, 1.165) is 0 Å². The maximum absolute atomic E-state index is 2.52. The molecular weight excluding hydrogens is 697 g/mol. The highest BCUT2D eigenvalue weighted by Gasteiger charge is 2.51. The third-order valence-electron chi connectivity index (χ3n) is 13.1. The molecule has 0 radical (unpaired) electrons. The fourth-order valence-electron chi connectivity index (χ4n) is 10.9. The van der Waals surface area contributed by atoms with Gasteiger partial charge in [-0.1, -0.05) is 206 Å². The molecule has 0 N–H and O–H groups in total. The van der Waals surface area contributed by atoms with Crippen LogP contribution < -0.4 is 0 Å². The van der Waals surface area contributed by atoms with Gasteiger partial charge in [-0.25, -0.2) is 0 Å². The Hall–Kier alpha value is -7.28. The molecule has 0 heteroatoms. The largest absolute Gasteiger partial charge is 0.0714 e. The predicted molar refractivity (Wildman–Crippen MR) is 241 cm³/mol. The lowest BCUT2D eigenvalue weighted by molar-refractivity contribution is 0.729. The van der Waals surface area contributed by atoms with Crippen molar-refractivity contribution < 1.29 is 0 Å². The van der Waals surface area contributed by atoms with E-state index < -0.39 is 10.8 Å². The van der Waals surface area contributed by atoms with Crippen LogP contribution in [0.15, 0.2) is 231 Å². The van der Waals surface area contributed by atoms with Crippen molar-refractivity contribution in [1.29, 1.82) is 0 Å². The Morgan fingerprint density at radius 2 is 0.517 bits per heavy atom. The van der Waals surface area contributed by atoms with Crippen LogP contribution in [0.1, 0.15) is 44.5 Å². The molecule has 0 spiro atoms. The van der Waals surface area contributed by atoms with Gasteiger partial charge in [0.1, 0.15) is 0 Å². The van der Waals surface area contributed by atoms with Gasteiger partial charge in [0.15, 0.2) is 0 Å². The van der Waals surface area contributed by atoms with Gasteiger partial charge in [-0.15, -0.1) is 0 Å². The highest BCUT2D eigenvalue weighted by Crippen LogP contribution is 2.64. The zero-order valence-corrected chi connectivity index (χ0v) is 31.9. The second-order valence-electron chi connectivity index (χ2n) is 15.9. The second kappa shape index (κ2) is 12.6. The first-order valence-corrected chi connectivity index (χ1v) is 20.3. The summed E-state index contributed by atoms with van der Waals surface area (Å²) in [5.41, 5.74) is 16.8. The SMILES string of the molecule is c1ccc(-c2cc3c4c5c(ccc4c2)C(c2ccccc2)(c2ccccc2)c2cc(-c4ccccc4)cc4ccc(c-5c24)C3(c2ccccc2)c2ccccc2)cc1. The minimum absolute atomic E-state index is 0.602. The van der Waals surface area contributed by atoms with Crippen LogP contribution in [-0.2, 0) is 10.8 Å². The first-order chi connectivity index (χ1) is 28.8. The van der Waals surface area contributed by atoms with Crippen LogP contribution in [0.2, 0.25) is 0 Å². The van der Waals surface area contributed by atoms with Crippen molar-refractivity contribution in [3.63, 3.8) is 0 Å². The Morgan fingerprint density at radius 1 is 0.224 bits per heavy atom. The molecule has 12 rings (SSSR count). The molecule has 10 aromatic carbocycles. The van der Waals surface area contributed by atoms with Crippen molar-refractivity contribution >= 4 is 21.5 Å². The van der Waals surface area contributed by atoms with E-state index in [1.807, 2.05) is 0 Å². The fraction of sp³-hybridized carbons (Fsp3) is 0.0345. The fourth-order valence-corrected chi connectivity index (χ4v) is 10.9. The van der Waals surface area contributed by atoms with E-state index in [9.17, 15) is 0 Å². The average Bonchev–Trinajstić information content (AvgIpc) is 3.31. The summed E-state index contributed by atoms with van der Waals surface area (Å²) in [6.45, 7) is 0. The van der Waals surface area contributed by atoms with Crippen molar-refractivity contribution in [2.24, 2.45) is 0 Å². The molecule has 0 heterocycles. The van der Waals surface area contributed by atoms with Gasteiger partial charge in [-0.3, -0.25) is 0 Å². The van der Waals surface area contributed by atoms with Crippen molar-refractivity contribution in [2.75, 3.05) is 0 Å². The zero-order chi connectivity index (χ0) is 38.3. The first kappa shape index (κ1) is 32.9. The average molecular weight is 735 g/mol. The summed E-state index contributed by atoms with van der Waals surface area (Å²) in [4.78, 5) is 0. The van der Waals surface area contributed by atoms with Gasteiger partial charge in [0.05, 0.1) is 10.8 Å². The van der Waals surface area contributed by atoms with E-state index in [-0.39, 0.29) is 0 Å². The number of hydrogen-bond acceptors (Lipinski definition) is 0. The van der Waals surface area contributed by atoms with E-state index in [0.29, 0.717) is 0 Å². The summed E-state index contributed by atoms with van der Waals surface area (Å²) in [6.07, 6.45) is 0. The molecule has 0 atom stereocenters. The zero-order valence-electron chi connectivity index (χ0n) is 31.9. The normalized spacial score (nSPS) is 14.1. The highest BCUT2D eigenvalue weighted by molar-refractivity contribution is 6.18. The molecule has 0 aromatic heterocycles. The molecule has 0 saturated carbocycles. The number of hydrogen-bond donors (Lipinski definition) is 0. The second-order valence-corrected chi connectivity index (χ2v) is 15.9. The van der Waals surface area contributed by atoms with Crippen LogP contribution in [0.4, 0.5) is 0 Å². The van der Waals surface area contributed by atoms with E-state index in [4.69, 9.17) is 0 Å². The van der Waals surface area contributed by atoms with Crippen LogP contribution in [0, 0.1) is 0 Å². The Bertz CT molecular complexity index is 2870. The lowest BCUT2D eigenvalue weighted by Gasteiger charge is -2.48. The maximum Gasteiger partial charge on any atom is 0.0714 e. The molecule has 10 aromatic rings. The topological polar surface area (TPSA) is 0 Å². The molecule has 0 aliphatic heterocycles. The van der Waals surface area contributed by atoms with E-state index in [1.165, 1.54) is 99.4 Å². The van der Waals surface area contributed by atoms with Gasteiger partial charge in [0, 0.05) is 0 Å². The van der Waals surface area contributed by atoms with E-state index in [2.05, 4.69) is 231 Å². The number of benzene rings is 10. The molecule has 270 valence electrons. The van der Waals surface area contributed by atoms with Gasteiger partial charge < -0.3 is 0 Å². The molecular formula is C58H38. The third-order valence-corrected chi connectivity index (χ3v) is 13.1. The maximum atomic E-state index is 2.52. The van der Waals surface area contributed by atoms with E-state index >= 15 is 0 Å². The molecule has 58 heavy (non-hydrogen) atoms. The van der Waals surface area contributed by atoms with Crippen molar-refractivity contribution in [3.8, 4) is 33.4 Å². The van der Waals surface area contributed by atoms with Gasteiger partial charge in [-0.05, 0) is 124 Å². The number of rotatable bonds is 6. The van der Waals surface area contributed by atoms with Crippen LogP contribution in [0.3, 0.4) is 0 Å². The van der Waals surface area contributed by atoms with Crippen molar-refractivity contribution in [3.05, 3.63) is 275 Å². The molecule has 2 aliphatic rings. The smallest absolute Gasteiger partial charge is 0.0622 e. The van der Waals surface area contributed by atoms with E-state index in [1.54, 1.807) is 0 Å². The summed E-state index contributed by atoms with van der Waals surface area (Å²) in [5.74, 6) is 0. The molecule has 0 fully saturated rings. The molecule has 0 unspecified atom stereocenters. The lowest BCUT2D eigenvalue weighted by atomic mass is 9.53. The van der Waals surface area contributed by atoms with Crippen LogP contribution in [-0.4, -0.2) is 0 Å². The monoisotopic (exact) mass is 734 g/mol. The van der Waals surface area contributed by atoms with Crippen LogP contribution in [0.5, 0.6) is 0 Å². The van der Waals surface area contributed by atoms with Crippen LogP contribution in [0.25, 0.3) is 54.9 Å². The molecule has 0 saturated heterocycles. The quantitative estimate of drug-likeness (QED) is 0.160. The Labute approximate surface area is 339 Å². The summed E-state index contributed by atoms with van der Waals surface area (Å²) in [6, 6.07) is 86.6. The van der Waals surface area contributed by atoms with Crippen molar-refractivity contribution in [1.82, 2.24) is 0 Å². The predicted octanol–water partition coefficient (Wildman–Crippen LogP) is 14.4. The first-order valence-electron chi connectivity index (χ1n) is 20.3. The van der Waals surface area contributed by atoms with Gasteiger partial charge in [0.2, 0.25) is 0 Å². The van der Waals surface area contributed by atoms with Gasteiger partial charge in [-0.2, -0.15) is 0 Å². The highest BCUT2D eigenvalue weighted by atomic mass is 14.5. The summed E-state index contributed by atoms with van der Waals surface area (Å²) in [5, 5.41) is 5.18. The Morgan fingerprint density at radius 3 is 0.828 bits per heavy atom.